The second kappa shape index (κ2) is 7.12. The van der Waals surface area contributed by atoms with E-state index in [2.05, 4.69) is 46.8 Å². The Morgan fingerprint density at radius 3 is 2.90 bits per heavy atom. The van der Waals surface area contributed by atoms with Crippen LogP contribution in [0.15, 0.2) is 24.3 Å². The molecular weight excluding hydrogens is 254 g/mol. The van der Waals surface area contributed by atoms with Crippen LogP contribution in [-0.4, -0.2) is 40.5 Å². The van der Waals surface area contributed by atoms with E-state index in [1.807, 2.05) is 16.8 Å². The van der Waals surface area contributed by atoms with Crippen molar-refractivity contribution in [1.29, 1.82) is 0 Å². The van der Waals surface area contributed by atoms with Crippen molar-refractivity contribution in [3.63, 3.8) is 0 Å². The first-order valence-electron chi connectivity index (χ1n) is 6.76. The van der Waals surface area contributed by atoms with Crippen LogP contribution >= 0.6 is 0 Å². The number of hydrogen-bond acceptors (Lipinski definition) is 5. The second-order valence-electron chi connectivity index (χ2n) is 4.74. The molecule has 0 spiro atoms. The minimum absolute atomic E-state index is 0.116. The number of rotatable bonds is 7. The van der Waals surface area contributed by atoms with Gasteiger partial charge in [0.25, 0.3) is 0 Å². The number of aromatic nitrogens is 4. The molecule has 2 rings (SSSR count). The number of ether oxygens (including phenoxy) is 1. The lowest BCUT2D eigenvalue weighted by molar-refractivity contribution is 0.198. The Kier molecular flexibility index (Phi) is 5.20. The number of methoxy groups -OCH3 is 1. The summed E-state index contributed by atoms with van der Waals surface area (Å²) in [4.78, 5) is 0. The van der Waals surface area contributed by atoms with Gasteiger partial charge in [0.05, 0.1) is 19.2 Å². The SMILES string of the molecule is COCCNCc1nnnn1C(C)c1ccccc1C. The zero-order valence-electron chi connectivity index (χ0n) is 12.2. The predicted octanol–water partition coefficient (Wildman–Crippen LogP) is 1.33. The van der Waals surface area contributed by atoms with Crippen molar-refractivity contribution in [3.05, 3.63) is 41.2 Å². The van der Waals surface area contributed by atoms with Gasteiger partial charge >= 0.3 is 0 Å². The van der Waals surface area contributed by atoms with E-state index in [0.29, 0.717) is 13.2 Å². The van der Waals surface area contributed by atoms with E-state index in [1.54, 1.807) is 7.11 Å². The summed E-state index contributed by atoms with van der Waals surface area (Å²) in [6.07, 6.45) is 0. The maximum Gasteiger partial charge on any atom is 0.165 e. The topological polar surface area (TPSA) is 64.9 Å². The highest BCUT2D eigenvalue weighted by molar-refractivity contribution is 5.28. The third-order valence-corrected chi connectivity index (χ3v) is 3.33. The lowest BCUT2D eigenvalue weighted by Crippen LogP contribution is -2.23. The molecule has 0 bridgehead atoms. The summed E-state index contributed by atoms with van der Waals surface area (Å²) >= 11 is 0. The van der Waals surface area contributed by atoms with Crippen molar-refractivity contribution >= 4 is 0 Å². The Labute approximate surface area is 119 Å². The molecule has 1 unspecified atom stereocenters. The van der Waals surface area contributed by atoms with Gasteiger partial charge in [0, 0.05) is 13.7 Å². The van der Waals surface area contributed by atoms with Crippen LogP contribution in [0, 0.1) is 6.92 Å². The number of benzene rings is 1. The van der Waals surface area contributed by atoms with Crippen LogP contribution in [-0.2, 0) is 11.3 Å². The van der Waals surface area contributed by atoms with Crippen LogP contribution in [0.1, 0.15) is 29.9 Å². The Morgan fingerprint density at radius 2 is 2.15 bits per heavy atom. The van der Waals surface area contributed by atoms with Crippen LogP contribution in [0.4, 0.5) is 0 Å². The van der Waals surface area contributed by atoms with E-state index < -0.39 is 0 Å². The van der Waals surface area contributed by atoms with E-state index in [4.69, 9.17) is 4.74 Å². The fourth-order valence-electron chi connectivity index (χ4n) is 2.19. The van der Waals surface area contributed by atoms with Crippen LogP contribution in [0.5, 0.6) is 0 Å². The Hall–Kier alpha value is -1.79. The first-order chi connectivity index (χ1) is 9.74. The average Bonchev–Trinajstić information content (AvgIpc) is 2.92. The minimum atomic E-state index is 0.116. The molecule has 0 aliphatic rings. The molecule has 0 aliphatic carbocycles. The number of nitrogens with one attached hydrogen (secondary N) is 1. The van der Waals surface area contributed by atoms with Crippen molar-refractivity contribution < 1.29 is 4.74 Å². The van der Waals surface area contributed by atoms with Gasteiger partial charge in [0.2, 0.25) is 0 Å². The van der Waals surface area contributed by atoms with Gasteiger partial charge in [-0.2, -0.15) is 0 Å². The fraction of sp³-hybridized carbons (Fsp3) is 0.500. The molecule has 0 saturated heterocycles. The molecule has 1 aromatic heterocycles. The van der Waals surface area contributed by atoms with Gasteiger partial charge in [-0.25, -0.2) is 4.68 Å². The number of aryl methyl sites for hydroxylation is 1. The molecule has 20 heavy (non-hydrogen) atoms. The van der Waals surface area contributed by atoms with Gasteiger partial charge in [0.15, 0.2) is 5.82 Å². The molecule has 0 radical (unpaired) electrons. The highest BCUT2D eigenvalue weighted by Crippen LogP contribution is 2.20. The van der Waals surface area contributed by atoms with Gasteiger partial charge in [-0.1, -0.05) is 24.3 Å². The summed E-state index contributed by atoms with van der Waals surface area (Å²) in [7, 11) is 1.69. The van der Waals surface area contributed by atoms with Crippen molar-refractivity contribution in [2.24, 2.45) is 0 Å². The molecule has 1 N–H and O–H groups in total. The zero-order chi connectivity index (χ0) is 14.4. The van der Waals surface area contributed by atoms with Crippen molar-refractivity contribution in [2.75, 3.05) is 20.3 Å². The average molecular weight is 275 g/mol. The Balaban J connectivity index is 2.09. The number of tetrazole rings is 1. The Bertz CT molecular complexity index is 540. The lowest BCUT2D eigenvalue weighted by atomic mass is 10.0. The van der Waals surface area contributed by atoms with Crippen molar-refractivity contribution in [2.45, 2.75) is 26.4 Å². The van der Waals surface area contributed by atoms with Crippen molar-refractivity contribution in [3.8, 4) is 0 Å². The van der Waals surface area contributed by atoms with E-state index in [9.17, 15) is 0 Å². The quantitative estimate of drug-likeness (QED) is 0.772. The highest BCUT2D eigenvalue weighted by Gasteiger charge is 2.15. The zero-order valence-corrected chi connectivity index (χ0v) is 12.2. The molecule has 1 aromatic carbocycles. The molecular formula is C14H21N5O. The summed E-state index contributed by atoms with van der Waals surface area (Å²) in [5, 5.41) is 15.3. The summed E-state index contributed by atoms with van der Waals surface area (Å²) in [5.41, 5.74) is 2.48. The van der Waals surface area contributed by atoms with Crippen LogP contribution in [0.25, 0.3) is 0 Å². The highest BCUT2D eigenvalue weighted by atomic mass is 16.5. The summed E-state index contributed by atoms with van der Waals surface area (Å²) < 4.78 is 6.87. The second-order valence-corrected chi connectivity index (χ2v) is 4.74. The number of nitrogens with zero attached hydrogens (tertiary/aromatic N) is 4. The van der Waals surface area contributed by atoms with Gasteiger partial charge < -0.3 is 10.1 Å². The normalized spacial score (nSPS) is 12.6. The molecule has 1 atom stereocenters. The van der Waals surface area contributed by atoms with Gasteiger partial charge in [-0.3, -0.25) is 0 Å². The molecule has 0 fully saturated rings. The minimum Gasteiger partial charge on any atom is -0.383 e. The lowest BCUT2D eigenvalue weighted by Gasteiger charge is -2.16. The van der Waals surface area contributed by atoms with Gasteiger partial charge in [-0.15, -0.1) is 5.10 Å². The maximum atomic E-state index is 5.00. The molecule has 6 heteroatoms. The molecule has 108 valence electrons. The van der Waals surface area contributed by atoms with Crippen LogP contribution < -0.4 is 5.32 Å². The van der Waals surface area contributed by atoms with E-state index in [0.717, 1.165) is 12.4 Å². The predicted molar refractivity (Wildman–Crippen MR) is 76.4 cm³/mol. The fourth-order valence-corrected chi connectivity index (χ4v) is 2.19. The summed E-state index contributed by atoms with van der Waals surface area (Å²) in [5.74, 6) is 0.830. The van der Waals surface area contributed by atoms with Crippen molar-refractivity contribution in [1.82, 2.24) is 25.5 Å². The first-order valence-corrected chi connectivity index (χ1v) is 6.76. The summed E-state index contributed by atoms with van der Waals surface area (Å²) in [6.45, 7) is 6.30. The smallest absolute Gasteiger partial charge is 0.165 e. The summed E-state index contributed by atoms with van der Waals surface area (Å²) in [6, 6.07) is 8.42. The molecule has 0 aliphatic heterocycles. The van der Waals surface area contributed by atoms with E-state index in [1.165, 1.54) is 11.1 Å². The van der Waals surface area contributed by atoms with Crippen LogP contribution in [0.2, 0.25) is 0 Å². The number of hydrogen-bond donors (Lipinski definition) is 1. The first kappa shape index (κ1) is 14.6. The molecule has 2 aromatic rings. The third kappa shape index (κ3) is 3.40. The van der Waals surface area contributed by atoms with Gasteiger partial charge in [0.1, 0.15) is 0 Å². The third-order valence-electron chi connectivity index (χ3n) is 3.33. The maximum absolute atomic E-state index is 5.00. The molecule has 6 nitrogen and oxygen atoms in total. The molecule has 0 saturated carbocycles. The Morgan fingerprint density at radius 1 is 1.35 bits per heavy atom. The van der Waals surface area contributed by atoms with Gasteiger partial charge in [-0.05, 0) is 35.4 Å². The van der Waals surface area contributed by atoms with E-state index >= 15 is 0 Å². The molecule has 1 heterocycles. The monoisotopic (exact) mass is 275 g/mol. The van der Waals surface area contributed by atoms with E-state index in [-0.39, 0.29) is 6.04 Å². The largest absolute Gasteiger partial charge is 0.383 e. The van der Waals surface area contributed by atoms with Crippen LogP contribution in [0.3, 0.4) is 0 Å². The standard InChI is InChI=1S/C14H21N5O/c1-11-6-4-5-7-13(11)12(2)19-14(16-17-18-19)10-15-8-9-20-3/h4-7,12,15H,8-10H2,1-3H3. The molecule has 0 amide bonds.